The van der Waals surface area contributed by atoms with Crippen LogP contribution in [-0.2, 0) is 6.54 Å². The van der Waals surface area contributed by atoms with Gasteiger partial charge in [0, 0.05) is 14.1 Å². The Kier molecular flexibility index (Phi) is 3.04. The average Bonchev–Trinajstić information content (AvgIpc) is 2.27. The molecule has 2 N–H and O–H groups in total. The van der Waals surface area contributed by atoms with Crippen molar-refractivity contribution in [3.63, 3.8) is 0 Å². The third-order valence-corrected chi connectivity index (χ3v) is 2.79. The first-order valence-electron chi connectivity index (χ1n) is 5.14. The minimum absolute atomic E-state index is 0.190. The molecule has 0 saturated carbocycles. The molecule has 0 bridgehead atoms. The first-order chi connectivity index (χ1) is 8.06. The molecule has 0 aliphatic heterocycles. The Hall–Kier alpha value is -1.59. The van der Waals surface area contributed by atoms with Crippen LogP contribution in [0.3, 0.4) is 0 Å². The normalized spacial score (nSPS) is 10.8. The molecule has 5 nitrogen and oxygen atoms in total. The van der Waals surface area contributed by atoms with Gasteiger partial charge < -0.3 is 10.7 Å². The molecule has 0 fully saturated rings. The van der Waals surface area contributed by atoms with Crippen LogP contribution in [-0.4, -0.2) is 23.8 Å². The molecule has 2 rings (SSSR count). The number of benzene rings is 1. The van der Waals surface area contributed by atoms with Gasteiger partial charge in [0.1, 0.15) is 5.82 Å². The average molecular weight is 253 g/mol. The van der Waals surface area contributed by atoms with Gasteiger partial charge in [-0.1, -0.05) is 17.7 Å². The van der Waals surface area contributed by atoms with Gasteiger partial charge >= 0.3 is 0 Å². The van der Waals surface area contributed by atoms with Crippen LogP contribution in [0.4, 0.5) is 0 Å². The van der Waals surface area contributed by atoms with Crippen molar-refractivity contribution in [3.8, 4) is 0 Å². The molecule has 0 saturated heterocycles. The fourth-order valence-electron chi connectivity index (χ4n) is 1.77. The van der Waals surface area contributed by atoms with Crippen LogP contribution in [0.1, 0.15) is 5.82 Å². The topological polar surface area (TPSA) is 64.2 Å². The Morgan fingerprint density at radius 1 is 1.47 bits per heavy atom. The fraction of sp³-hybridized carbons (Fsp3) is 0.273. The van der Waals surface area contributed by atoms with E-state index in [0.717, 1.165) is 0 Å². The van der Waals surface area contributed by atoms with Gasteiger partial charge in [-0.15, -0.1) is 0 Å². The summed E-state index contributed by atoms with van der Waals surface area (Å²) in [6.45, 7) is 0.190. The zero-order valence-electron chi connectivity index (χ0n) is 9.64. The van der Waals surface area contributed by atoms with E-state index in [1.54, 1.807) is 37.3 Å². The van der Waals surface area contributed by atoms with E-state index < -0.39 is 0 Å². The van der Waals surface area contributed by atoms with Crippen molar-refractivity contribution < 1.29 is 0 Å². The van der Waals surface area contributed by atoms with E-state index >= 15 is 0 Å². The number of nitrogens with zero attached hydrogens (tertiary/aromatic N) is 3. The number of halogens is 1. The second-order valence-electron chi connectivity index (χ2n) is 3.83. The van der Waals surface area contributed by atoms with Crippen LogP contribution in [0.5, 0.6) is 0 Å². The molecule has 0 aliphatic carbocycles. The molecule has 0 spiro atoms. The number of hydrogen-bond donors (Lipinski definition) is 1. The predicted octanol–water partition coefficient (Wildman–Crippen LogP) is 0.706. The highest BCUT2D eigenvalue weighted by molar-refractivity contribution is 6.35. The zero-order valence-corrected chi connectivity index (χ0v) is 10.4. The van der Waals surface area contributed by atoms with Gasteiger partial charge in [-0.05, 0) is 12.1 Å². The Morgan fingerprint density at radius 2 is 2.18 bits per heavy atom. The van der Waals surface area contributed by atoms with Crippen molar-refractivity contribution in [2.24, 2.45) is 5.73 Å². The van der Waals surface area contributed by atoms with Gasteiger partial charge in [-0.3, -0.25) is 4.79 Å². The lowest BCUT2D eigenvalue weighted by molar-refractivity contribution is 0.639. The molecule has 17 heavy (non-hydrogen) atoms. The van der Waals surface area contributed by atoms with Crippen molar-refractivity contribution in [1.82, 2.24) is 9.66 Å². The van der Waals surface area contributed by atoms with Crippen molar-refractivity contribution in [2.45, 2.75) is 6.54 Å². The molecule has 2 aromatic rings. The third kappa shape index (κ3) is 1.87. The summed E-state index contributed by atoms with van der Waals surface area (Å²) < 4.78 is 1.42. The molecule has 1 heterocycles. The Bertz CT molecular complexity index is 621. The van der Waals surface area contributed by atoms with E-state index in [9.17, 15) is 4.79 Å². The molecule has 0 atom stereocenters. The maximum absolute atomic E-state index is 12.3. The lowest BCUT2D eigenvalue weighted by atomic mass is 10.2. The summed E-state index contributed by atoms with van der Waals surface area (Å²) in [5, 5.41) is 2.46. The predicted molar refractivity (Wildman–Crippen MR) is 69.0 cm³/mol. The highest BCUT2D eigenvalue weighted by Crippen LogP contribution is 2.18. The maximum atomic E-state index is 12.3. The molecule has 90 valence electrons. The minimum atomic E-state index is -0.203. The second-order valence-corrected chi connectivity index (χ2v) is 4.24. The number of nitrogens with two attached hydrogens (primary N) is 1. The van der Waals surface area contributed by atoms with E-state index in [1.807, 2.05) is 0 Å². The van der Waals surface area contributed by atoms with Crippen LogP contribution in [0.25, 0.3) is 10.9 Å². The molecule has 1 aromatic carbocycles. The van der Waals surface area contributed by atoms with Gasteiger partial charge in [0.15, 0.2) is 0 Å². The summed E-state index contributed by atoms with van der Waals surface area (Å²) in [5.41, 5.74) is 5.97. The molecule has 0 radical (unpaired) electrons. The third-order valence-electron chi connectivity index (χ3n) is 2.47. The van der Waals surface area contributed by atoms with E-state index in [2.05, 4.69) is 4.98 Å². The van der Waals surface area contributed by atoms with E-state index in [1.165, 1.54) is 4.68 Å². The molecule has 1 aromatic heterocycles. The molecule has 0 amide bonds. The van der Waals surface area contributed by atoms with Crippen LogP contribution in [0.2, 0.25) is 5.02 Å². The van der Waals surface area contributed by atoms with Gasteiger partial charge in [-0.2, -0.15) is 0 Å². The number of fused-ring (bicyclic) bond motifs is 1. The smallest absolute Gasteiger partial charge is 0.281 e. The van der Waals surface area contributed by atoms with Crippen molar-refractivity contribution >= 4 is 22.5 Å². The Balaban J connectivity index is 2.95. The molecular formula is C11H13ClN4O. The first-order valence-corrected chi connectivity index (χ1v) is 5.52. The number of aromatic nitrogens is 2. The van der Waals surface area contributed by atoms with Crippen LogP contribution in [0.15, 0.2) is 23.0 Å². The molecule has 6 heteroatoms. The quantitative estimate of drug-likeness (QED) is 0.855. The standard InChI is InChI=1S/C11H13ClN4O/c1-15(2)16-9(6-13)14-8-5-3-4-7(12)10(8)11(16)17/h3-5H,6,13H2,1-2H3. The monoisotopic (exact) mass is 252 g/mol. The van der Waals surface area contributed by atoms with Crippen LogP contribution < -0.4 is 16.3 Å². The van der Waals surface area contributed by atoms with Crippen LogP contribution in [0, 0.1) is 0 Å². The highest BCUT2D eigenvalue weighted by atomic mass is 35.5. The van der Waals surface area contributed by atoms with Gasteiger partial charge in [0.05, 0.1) is 22.5 Å². The zero-order chi connectivity index (χ0) is 12.6. The largest absolute Gasteiger partial charge is 0.324 e. The Labute approximate surface area is 103 Å². The van der Waals surface area contributed by atoms with Gasteiger partial charge in [0.2, 0.25) is 0 Å². The number of rotatable bonds is 2. The second kappa shape index (κ2) is 4.35. The highest BCUT2D eigenvalue weighted by Gasteiger charge is 2.13. The minimum Gasteiger partial charge on any atom is -0.324 e. The SMILES string of the molecule is CN(C)n1c(CN)nc2cccc(Cl)c2c1=O. The van der Waals surface area contributed by atoms with Crippen molar-refractivity contribution in [1.29, 1.82) is 0 Å². The fourth-order valence-corrected chi connectivity index (χ4v) is 2.02. The van der Waals surface area contributed by atoms with Crippen molar-refractivity contribution in [3.05, 3.63) is 39.4 Å². The Morgan fingerprint density at radius 3 is 2.76 bits per heavy atom. The lowest BCUT2D eigenvalue weighted by Gasteiger charge is -2.19. The maximum Gasteiger partial charge on any atom is 0.281 e. The summed E-state index contributed by atoms with van der Waals surface area (Å²) in [6.07, 6.45) is 0. The summed E-state index contributed by atoms with van der Waals surface area (Å²) in [5.74, 6) is 0.509. The lowest BCUT2D eigenvalue weighted by Crippen LogP contribution is -2.40. The van der Waals surface area contributed by atoms with Gasteiger partial charge in [0.25, 0.3) is 5.56 Å². The molecule has 0 unspecified atom stereocenters. The summed E-state index contributed by atoms with van der Waals surface area (Å²) >= 11 is 6.03. The molecular weight excluding hydrogens is 240 g/mol. The summed E-state index contributed by atoms with van der Waals surface area (Å²) in [6, 6.07) is 5.19. The van der Waals surface area contributed by atoms with E-state index in [0.29, 0.717) is 21.7 Å². The number of hydrogen-bond acceptors (Lipinski definition) is 4. The molecule has 0 aliphatic rings. The van der Waals surface area contributed by atoms with E-state index in [4.69, 9.17) is 17.3 Å². The van der Waals surface area contributed by atoms with Gasteiger partial charge in [-0.25, -0.2) is 9.66 Å². The summed E-state index contributed by atoms with van der Waals surface area (Å²) in [4.78, 5) is 16.7. The first kappa shape index (κ1) is 11.9. The summed E-state index contributed by atoms with van der Waals surface area (Å²) in [7, 11) is 3.51. The van der Waals surface area contributed by atoms with E-state index in [-0.39, 0.29) is 12.1 Å². The van der Waals surface area contributed by atoms with Crippen LogP contribution >= 0.6 is 11.6 Å². The van der Waals surface area contributed by atoms with Crippen molar-refractivity contribution in [2.75, 3.05) is 19.1 Å².